The Balaban J connectivity index is 1.89. The molecule has 31 heavy (non-hydrogen) atoms. The summed E-state index contributed by atoms with van der Waals surface area (Å²) >= 11 is 0. The number of nitrogens with one attached hydrogen (secondary N) is 2. The van der Waals surface area contributed by atoms with Crippen molar-refractivity contribution in [1.29, 1.82) is 0 Å². The first-order valence-electron chi connectivity index (χ1n) is 11.2. The molecule has 3 rings (SSSR count). The average molecular weight is 428 g/mol. The predicted molar refractivity (Wildman–Crippen MR) is 118 cm³/mol. The lowest BCUT2D eigenvalue weighted by atomic mass is 9.68. The third-order valence-electron chi connectivity index (χ3n) is 6.42. The fraction of sp³-hybridized carbons (Fsp3) is 0.542. The normalized spacial score (nSPS) is 27.1. The van der Waals surface area contributed by atoms with Gasteiger partial charge in [0.15, 0.2) is 0 Å². The van der Waals surface area contributed by atoms with E-state index in [0.29, 0.717) is 19.5 Å². The molecule has 7 nitrogen and oxygen atoms in total. The molecule has 1 fully saturated rings. The number of fused-ring (bicyclic) bond motifs is 1. The summed E-state index contributed by atoms with van der Waals surface area (Å²) in [7, 11) is 1.59. The van der Waals surface area contributed by atoms with Crippen LogP contribution in [0.2, 0.25) is 0 Å². The maximum atomic E-state index is 13.5. The minimum Gasteiger partial charge on any atom is -0.396 e. The molecule has 2 aliphatic rings. The van der Waals surface area contributed by atoms with Crippen molar-refractivity contribution in [2.75, 3.05) is 20.2 Å². The molecule has 0 bridgehead atoms. The molecule has 0 radical (unpaired) electrons. The first-order valence-corrected chi connectivity index (χ1v) is 11.2. The highest BCUT2D eigenvalue weighted by Gasteiger charge is 2.56. The molecule has 168 valence electrons. The fourth-order valence-corrected chi connectivity index (χ4v) is 5.00. The van der Waals surface area contributed by atoms with Gasteiger partial charge in [0.05, 0.1) is 11.8 Å². The third-order valence-corrected chi connectivity index (χ3v) is 6.42. The summed E-state index contributed by atoms with van der Waals surface area (Å²) in [5.41, 5.74) is 0.976. The summed E-state index contributed by atoms with van der Waals surface area (Å²) in [4.78, 5) is 41.1. The van der Waals surface area contributed by atoms with E-state index < -0.39 is 17.9 Å². The van der Waals surface area contributed by atoms with Gasteiger partial charge in [-0.25, -0.2) is 0 Å². The van der Waals surface area contributed by atoms with Gasteiger partial charge in [-0.1, -0.05) is 55.8 Å². The van der Waals surface area contributed by atoms with Gasteiger partial charge < -0.3 is 20.6 Å². The molecular weight excluding hydrogens is 394 g/mol. The molecule has 0 unspecified atom stereocenters. The summed E-state index contributed by atoms with van der Waals surface area (Å²) in [5, 5.41) is 15.0. The number of hydrogen-bond acceptors (Lipinski definition) is 4. The van der Waals surface area contributed by atoms with Crippen molar-refractivity contribution < 1.29 is 19.5 Å². The molecule has 5 atom stereocenters. The van der Waals surface area contributed by atoms with Gasteiger partial charge in [0, 0.05) is 32.7 Å². The van der Waals surface area contributed by atoms with E-state index in [2.05, 4.69) is 17.6 Å². The molecule has 1 heterocycles. The van der Waals surface area contributed by atoms with Crippen molar-refractivity contribution in [2.45, 2.75) is 38.8 Å². The van der Waals surface area contributed by atoms with Gasteiger partial charge in [-0.2, -0.15) is 0 Å². The zero-order chi connectivity index (χ0) is 22.4. The van der Waals surface area contributed by atoms with E-state index in [1.807, 2.05) is 42.5 Å². The maximum absolute atomic E-state index is 13.5. The summed E-state index contributed by atoms with van der Waals surface area (Å²) in [6.07, 6.45) is 6.09. The Morgan fingerprint density at radius 3 is 2.52 bits per heavy atom. The molecular formula is C24H33N3O4. The van der Waals surface area contributed by atoms with Gasteiger partial charge >= 0.3 is 0 Å². The van der Waals surface area contributed by atoms with E-state index in [1.165, 1.54) is 0 Å². The van der Waals surface area contributed by atoms with Gasteiger partial charge in [0.2, 0.25) is 17.7 Å². The molecule has 1 aromatic carbocycles. The number of hydrogen-bond donors (Lipinski definition) is 3. The third kappa shape index (κ3) is 4.82. The number of aliphatic hydroxyl groups is 1. The SMILES string of the molecule is CCC[C@@H]1C=C[C@H]2[C@@H](C(=O)N(CCCO)[C@@H]2C(=O)NCc2ccccc2)[C@@H]1C(=O)NC. The van der Waals surface area contributed by atoms with E-state index in [4.69, 9.17) is 0 Å². The highest BCUT2D eigenvalue weighted by Crippen LogP contribution is 2.45. The first kappa shape index (κ1) is 23.0. The number of likely N-dealkylation sites (tertiary alicyclic amines) is 1. The van der Waals surface area contributed by atoms with Crippen LogP contribution >= 0.6 is 0 Å². The van der Waals surface area contributed by atoms with Crippen LogP contribution in [0, 0.1) is 23.7 Å². The Labute approximate surface area is 183 Å². The number of allylic oxidation sites excluding steroid dienone is 1. The fourth-order valence-electron chi connectivity index (χ4n) is 5.00. The molecule has 1 aromatic rings. The van der Waals surface area contributed by atoms with Crippen LogP contribution in [0.1, 0.15) is 31.7 Å². The summed E-state index contributed by atoms with van der Waals surface area (Å²) in [5.74, 6) is -1.99. The van der Waals surface area contributed by atoms with Crippen LogP contribution in [-0.2, 0) is 20.9 Å². The number of nitrogens with zero attached hydrogens (tertiary/aromatic N) is 1. The van der Waals surface area contributed by atoms with E-state index >= 15 is 0 Å². The zero-order valence-electron chi connectivity index (χ0n) is 18.3. The summed E-state index contributed by atoms with van der Waals surface area (Å²) in [6, 6.07) is 8.93. The lowest BCUT2D eigenvalue weighted by Crippen LogP contribution is -2.47. The highest BCUT2D eigenvalue weighted by molar-refractivity contribution is 5.96. The number of carbonyl (C=O) groups is 3. The number of amides is 3. The van der Waals surface area contributed by atoms with Gasteiger partial charge in [-0.05, 0) is 24.3 Å². The van der Waals surface area contributed by atoms with Gasteiger partial charge in [0.1, 0.15) is 6.04 Å². The Morgan fingerprint density at radius 2 is 1.87 bits per heavy atom. The highest BCUT2D eigenvalue weighted by atomic mass is 16.3. The number of aliphatic hydroxyl groups excluding tert-OH is 1. The van der Waals surface area contributed by atoms with E-state index in [1.54, 1.807) is 11.9 Å². The zero-order valence-corrected chi connectivity index (χ0v) is 18.3. The van der Waals surface area contributed by atoms with Crippen LogP contribution in [0.15, 0.2) is 42.5 Å². The van der Waals surface area contributed by atoms with Crippen molar-refractivity contribution in [3.8, 4) is 0 Å². The number of carbonyl (C=O) groups excluding carboxylic acids is 3. The van der Waals surface area contributed by atoms with Crippen LogP contribution in [0.5, 0.6) is 0 Å². The minimum absolute atomic E-state index is 0.0269. The molecule has 0 spiro atoms. The second-order valence-electron chi connectivity index (χ2n) is 8.34. The summed E-state index contributed by atoms with van der Waals surface area (Å²) < 4.78 is 0. The average Bonchev–Trinajstić information content (AvgIpc) is 3.08. The molecule has 0 saturated carbocycles. The quantitative estimate of drug-likeness (QED) is 0.520. The minimum atomic E-state index is -0.682. The smallest absolute Gasteiger partial charge is 0.243 e. The number of benzene rings is 1. The molecule has 0 aromatic heterocycles. The van der Waals surface area contributed by atoms with Crippen molar-refractivity contribution in [3.05, 3.63) is 48.0 Å². The van der Waals surface area contributed by atoms with Crippen molar-refractivity contribution in [1.82, 2.24) is 15.5 Å². The molecule has 1 aliphatic heterocycles. The van der Waals surface area contributed by atoms with Crippen molar-refractivity contribution >= 4 is 17.7 Å². The van der Waals surface area contributed by atoms with E-state index in [0.717, 1.165) is 18.4 Å². The van der Waals surface area contributed by atoms with Gasteiger partial charge in [-0.15, -0.1) is 0 Å². The van der Waals surface area contributed by atoms with Gasteiger partial charge in [-0.3, -0.25) is 14.4 Å². The topological polar surface area (TPSA) is 98.7 Å². The monoisotopic (exact) mass is 427 g/mol. The maximum Gasteiger partial charge on any atom is 0.243 e. The Hall–Kier alpha value is -2.67. The van der Waals surface area contributed by atoms with Crippen LogP contribution in [0.3, 0.4) is 0 Å². The standard InChI is InChI=1S/C24H33N3O4/c1-3-8-17-11-12-18-20(19(17)22(29)25-2)24(31)27(13-7-14-28)21(18)23(30)26-15-16-9-5-4-6-10-16/h4-6,9-12,17-21,28H,3,7-8,13-15H2,1-2H3,(H,25,29)(H,26,30)/t17-,18+,19-,20-,21+/m1/s1. The largest absolute Gasteiger partial charge is 0.396 e. The van der Waals surface area contributed by atoms with Gasteiger partial charge in [0.25, 0.3) is 0 Å². The van der Waals surface area contributed by atoms with Crippen LogP contribution in [0.25, 0.3) is 0 Å². The predicted octanol–water partition coefficient (Wildman–Crippen LogP) is 1.48. The second-order valence-corrected chi connectivity index (χ2v) is 8.34. The van der Waals surface area contributed by atoms with Crippen LogP contribution in [0.4, 0.5) is 0 Å². The lowest BCUT2D eigenvalue weighted by Gasteiger charge is -2.34. The Bertz CT molecular complexity index is 810. The second kappa shape index (κ2) is 10.6. The lowest BCUT2D eigenvalue weighted by molar-refractivity contribution is -0.141. The molecule has 3 N–H and O–H groups in total. The number of rotatable bonds is 9. The van der Waals surface area contributed by atoms with E-state index in [9.17, 15) is 19.5 Å². The van der Waals surface area contributed by atoms with Crippen LogP contribution < -0.4 is 10.6 Å². The first-order chi connectivity index (χ1) is 15.0. The molecule has 3 amide bonds. The Morgan fingerprint density at radius 1 is 1.13 bits per heavy atom. The summed E-state index contributed by atoms with van der Waals surface area (Å²) in [6.45, 7) is 2.66. The van der Waals surface area contributed by atoms with E-state index in [-0.39, 0.29) is 36.2 Å². The van der Waals surface area contributed by atoms with Crippen molar-refractivity contribution in [3.63, 3.8) is 0 Å². The molecule has 1 aliphatic carbocycles. The van der Waals surface area contributed by atoms with Crippen molar-refractivity contribution in [2.24, 2.45) is 23.7 Å². The Kier molecular flexibility index (Phi) is 7.85. The van der Waals surface area contributed by atoms with Crippen LogP contribution in [-0.4, -0.2) is 54.0 Å². The molecule has 1 saturated heterocycles. The molecule has 7 heteroatoms.